The number of benzene rings is 1. The molecule has 0 spiro atoms. The van der Waals surface area contributed by atoms with Crippen molar-refractivity contribution in [2.24, 2.45) is 11.7 Å². The molecule has 0 radical (unpaired) electrons. The predicted molar refractivity (Wildman–Crippen MR) is 68.7 cm³/mol. The molecule has 4 N–H and O–H groups in total. The smallest absolute Gasteiger partial charge is 0.230 e. The van der Waals surface area contributed by atoms with Crippen molar-refractivity contribution in [3.63, 3.8) is 0 Å². The number of hydrogen-bond acceptors (Lipinski definition) is 2. The Kier molecular flexibility index (Phi) is 4.69. The molecule has 0 bridgehead atoms. The van der Waals surface area contributed by atoms with E-state index in [1.807, 2.05) is 37.3 Å². The number of carbonyl (C=O) groups is 1. The maximum Gasteiger partial charge on any atom is 0.230 e. The normalized spacial score (nSPS) is 13.8. The van der Waals surface area contributed by atoms with Crippen LogP contribution < -0.4 is 11.1 Å². The van der Waals surface area contributed by atoms with Crippen molar-refractivity contribution in [3.05, 3.63) is 35.9 Å². The largest absolute Gasteiger partial charge is 0.387 e. The summed E-state index contributed by atoms with van der Waals surface area (Å²) in [4.78, 5) is 11.8. The molecule has 0 fully saturated rings. The lowest BCUT2D eigenvalue weighted by atomic mass is 10.0. The summed E-state index contributed by atoms with van der Waals surface area (Å²) in [6, 6.07) is 9.76. The minimum Gasteiger partial charge on any atom is -0.387 e. The van der Waals surface area contributed by atoms with Gasteiger partial charge in [-0.05, 0) is 18.9 Å². The SMILES string of the molecule is CC[C@H](NC(=O)[C@@H](C)C(=N)N)c1ccccc1. The molecule has 1 aromatic carbocycles. The first kappa shape index (κ1) is 13.2. The third-order valence-electron chi connectivity index (χ3n) is 2.79. The van der Waals surface area contributed by atoms with Crippen molar-refractivity contribution in [1.82, 2.24) is 5.32 Å². The molecule has 0 aliphatic rings. The van der Waals surface area contributed by atoms with Crippen molar-refractivity contribution < 1.29 is 4.79 Å². The minimum absolute atomic E-state index is 0.0227. The van der Waals surface area contributed by atoms with Gasteiger partial charge in [-0.15, -0.1) is 0 Å². The van der Waals surface area contributed by atoms with Gasteiger partial charge < -0.3 is 11.1 Å². The molecule has 1 rings (SSSR count). The highest BCUT2D eigenvalue weighted by Gasteiger charge is 2.19. The molecule has 1 amide bonds. The second kappa shape index (κ2) is 6.03. The molecular formula is C13H19N3O. The van der Waals surface area contributed by atoms with E-state index in [4.69, 9.17) is 11.1 Å². The summed E-state index contributed by atoms with van der Waals surface area (Å²) < 4.78 is 0. The van der Waals surface area contributed by atoms with Crippen molar-refractivity contribution in [2.45, 2.75) is 26.3 Å². The molecule has 92 valence electrons. The molecule has 0 saturated carbocycles. The molecule has 0 aliphatic heterocycles. The summed E-state index contributed by atoms with van der Waals surface area (Å²) in [7, 11) is 0. The van der Waals surface area contributed by atoms with E-state index in [0.29, 0.717) is 0 Å². The second-order valence-electron chi connectivity index (χ2n) is 4.06. The van der Waals surface area contributed by atoms with Gasteiger partial charge in [0.05, 0.1) is 12.0 Å². The van der Waals surface area contributed by atoms with E-state index >= 15 is 0 Å². The molecule has 0 aliphatic carbocycles. The fraction of sp³-hybridized carbons (Fsp3) is 0.385. The van der Waals surface area contributed by atoms with Crippen LogP contribution >= 0.6 is 0 Å². The molecule has 1 aromatic rings. The molecular weight excluding hydrogens is 214 g/mol. The van der Waals surface area contributed by atoms with Crippen LogP contribution in [0.5, 0.6) is 0 Å². The summed E-state index contributed by atoms with van der Waals surface area (Å²) in [5.41, 5.74) is 6.38. The van der Waals surface area contributed by atoms with Crippen LogP contribution in [-0.2, 0) is 4.79 Å². The number of amides is 1. The van der Waals surface area contributed by atoms with Crippen LogP contribution in [-0.4, -0.2) is 11.7 Å². The van der Waals surface area contributed by atoms with Gasteiger partial charge in [-0.2, -0.15) is 0 Å². The quantitative estimate of drug-likeness (QED) is 0.536. The Morgan fingerprint density at radius 2 is 2.00 bits per heavy atom. The zero-order valence-electron chi connectivity index (χ0n) is 10.2. The molecule has 0 unspecified atom stereocenters. The van der Waals surface area contributed by atoms with Gasteiger partial charge in [-0.25, -0.2) is 0 Å². The molecule has 4 nitrogen and oxygen atoms in total. The Morgan fingerprint density at radius 1 is 1.41 bits per heavy atom. The van der Waals surface area contributed by atoms with E-state index < -0.39 is 5.92 Å². The van der Waals surface area contributed by atoms with Gasteiger partial charge in [0.15, 0.2) is 0 Å². The Bertz CT molecular complexity index is 389. The number of nitrogens with one attached hydrogen (secondary N) is 2. The first-order chi connectivity index (χ1) is 8.06. The zero-order chi connectivity index (χ0) is 12.8. The van der Waals surface area contributed by atoms with Gasteiger partial charge in [-0.1, -0.05) is 37.3 Å². The fourth-order valence-electron chi connectivity index (χ4n) is 1.54. The zero-order valence-corrected chi connectivity index (χ0v) is 10.2. The number of amidine groups is 1. The van der Waals surface area contributed by atoms with Crippen LogP contribution in [0.15, 0.2) is 30.3 Å². The highest BCUT2D eigenvalue weighted by Crippen LogP contribution is 2.16. The van der Waals surface area contributed by atoms with Crippen LogP contribution in [0.4, 0.5) is 0 Å². The highest BCUT2D eigenvalue weighted by molar-refractivity contribution is 6.00. The monoisotopic (exact) mass is 233 g/mol. The fourth-order valence-corrected chi connectivity index (χ4v) is 1.54. The maximum atomic E-state index is 11.8. The average Bonchev–Trinajstić information content (AvgIpc) is 2.35. The van der Waals surface area contributed by atoms with Crippen LogP contribution in [0.1, 0.15) is 31.9 Å². The molecule has 0 saturated heterocycles. The Balaban J connectivity index is 2.71. The first-order valence-electron chi connectivity index (χ1n) is 5.75. The Labute approximate surface area is 102 Å². The average molecular weight is 233 g/mol. The van der Waals surface area contributed by atoms with Gasteiger partial charge >= 0.3 is 0 Å². The van der Waals surface area contributed by atoms with Crippen molar-refractivity contribution >= 4 is 11.7 Å². The highest BCUT2D eigenvalue weighted by atomic mass is 16.1. The van der Waals surface area contributed by atoms with Gasteiger partial charge in [0.1, 0.15) is 5.84 Å². The van der Waals surface area contributed by atoms with Crippen LogP contribution in [0.25, 0.3) is 0 Å². The number of hydrogen-bond donors (Lipinski definition) is 3. The van der Waals surface area contributed by atoms with Gasteiger partial charge in [0.25, 0.3) is 0 Å². The van der Waals surface area contributed by atoms with E-state index in [2.05, 4.69) is 5.32 Å². The molecule has 17 heavy (non-hydrogen) atoms. The number of rotatable bonds is 5. The Hall–Kier alpha value is -1.84. The number of carbonyl (C=O) groups excluding carboxylic acids is 1. The summed E-state index contributed by atoms with van der Waals surface area (Å²) in [6.45, 7) is 3.64. The molecule has 0 aromatic heterocycles. The maximum absolute atomic E-state index is 11.8. The standard InChI is InChI=1S/C13H19N3O/c1-3-11(10-7-5-4-6-8-10)16-13(17)9(2)12(14)15/h4-9,11H,3H2,1-2H3,(H3,14,15)(H,16,17)/t9-,11-/m0/s1. The lowest BCUT2D eigenvalue weighted by Gasteiger charge is -2.19. The minimum atomic E-state index is -0.576. The van der Waals surface area contributed by atoms with Crippen LogP contribution in [0.2, 0.25) is 0 Å². The van der Waals surface area contributed by atoms with Crippen molar-refractivity contribution in [2.75, 3.05) is 0 Å². The van der Waals surface area contributed by atoms with E-state index in [-0.39, 0.29) is 17.8 Å². The first-order valence-corrected chi connectivity index (χ1v) is 5.75. The summed E-state index contributed by atoms with van der Waals surface area (Å²) in [5.74, 6) is -0.883. The second-order valence-corrected chi connectivity index (χ2v) is 4.06. The van der Waals surface area contributed by atoms with Crippen LogP contribution in [0, 0.1) is 11.3 Å². The Morgan fingerprint density at radius 3 is 2.47 bits per heavy atom. The van der Waals surface area contributed by atoms with Gasteiger partial charge in [0.2, 0.25) is 5.91 Å². The lowest BCUT2D eigenvalue weighted by Crippen LogP contribution is -2.38. The third-order valence-corrected chi connectivity index (χ3v) is 2.79. The van der Waals surface area contributed by atoms with E-state index in [1.165, 1.54) is 0 Å². The van der Waals surface area contributed by atoms with E-state index in [0.717, 1.165) is 12.0 Å². The molecule has 2 atom stereocenters. The van der Waals surface area contributed by atoms with Gasteiger partial charge in [-0.3, -0.25) is 10.2 Å². The molecule has 0 heterocycles. The molecule has 4 heteroatoms. The van der Waals surface area contributed by atoms with Crippen molar-refractivity contribution in [3.8, 4) is 0 Å². The summed E-state index contributed by atoms with van der Waals surface area (Å²) >= 11 is 0. The summed E-state index contributed by atoms with van der Waals surface area (Å²) in [6.07, 6.45) is 0.806. The van der Waals surface area contributed by atoms with Crippen LogP contribution in [0.3, 0.4) is 0 Å². The van der Waals surface area contributed by atoms with Crippen molar-refractivity contribution in [1.29, 1.82) is 5.41 Å². The lowest BCUT2D eigenvalue weighted by molar-refractivity contribution is -0.123. The van der Waals surface area contributed by atoms with Gasteiger partial charge in [0, 0.05) is 0 Å². The predicted octanol–water partition coefficient (Wildman–Crippen LogP) is 1.83. The number of nitrogens with two attached hydrogens (primary N) is 1. The van der Waals surface area contributed by atoms with E-state index in [1.54, 1.807) is 6.92 Å². The van der Waals surface area contributed by atoms with E-state index in [9.17, 15) is 4.79 Å². The summed E-state index contributed by atoms with van der Waals surface area (Å²) in [5, 5.41) is 10.2. The topological polar surface area (TPSA) is 79.0 Å². The third kappa shape index (κ3) is 3.59.